The highest BCUT2D eigenvalue weighted by molar-refractivity contribution is 6.29. The first kappa shape index (κ1) is 13.3. The van der Waals surface area contributed by atoms with Crippen LogP contribution < -0.4 is 0 Å². The van der Waals surface area contributed by atoms with Gasteiger partial charge in [0, 0.05) is 17.7 Å². The normalized spacial score (nSPS) is 10.5. The summed E-state index contributed by atoms with van der Waals surface area (Å²) in [6.45, 7) is 0. The summed E-state index contributed by atoms with van der Waals surface area (Å²) in [4.78, 5) is 13.5. The van der Waals surface area contributed by atoms with Gasteiger partial charge in [0.05, 0.1) is 16.7 Å². The maximum Gasteiger partial charge on any atom is 0.274 e. The number of nitro groups is 1. The third-order valence-corrected chi connectivity index (χ3v) is 2.47. The molecule has 0 radical (unpaired) electrons. The van der Waals surface area contributed by atoms with E-state index in [1.54, 1.807) is 0 Å². The lowest BCUT2D eigenvalue weighted by Gasteiger charge is -2.04. The monoisotopic (exact) mass is 288 g/mol. The lowest BCUT2D eigenvalue weighted by atomic mass is 10.1. The SMILES string of the molecule is O=[N+]([O-])c1cc(Cl)nc(-c2cc(F)c(F)cc2F)c1. The molecule has 0 saturated carbocycles. The van der Waals surface area contributed by atoms with Gasteiger partial charge in [-0.25, -0.2) is 18.2 Å². The number of nitrogens with zero attached hydrogens (tertiary/aromatic N) is 2. The summed E-state index contributed by atoms with van der Waals surface area (Å²) >= 11 is 5.56. The summed E-state index contributed by atoms with van der Waals surface area (Å²) in [6.07, 6.45) is 0. The summed E-state index contributed by atoms with van der Waals surface area (Å²) in [5.74, 6) is -3.75. The van der Waals surface area contributed by atoms with Gasteiger partial charge >= 0.3 is 0 Å². The summed E-state index contributed by atoms with van der Waals surface area (Å²) in [5.41, 5.74) is -1.10. The van der Waals surface area contributed by atoms with E-state index in [0.717, 1.165) is 12.1 Å². The van der Waals surface area contributed by atoms with Crippen molar-refractivity contribution in [2.75, 3.05) is 0 Å². The molecule has 0 unspecified atom stereocenters. The summed E-state index contributed by atoms with van der Waals surface area (Å²) in [7, 11) is 0. The quantitative estimate of drug-likeness (QED) is 0.366. The van der Waals surface area contributed by atoms with E-state index in [9.17, 15) is 23.3 Å². The van der Waals surface area contributed by atoms with Crippen LogP contribution >= 0.6 is 11.6 Å². The van der Waals surface area contributed by atoms with Crippen LogP contribution in [0.25, 0.3) is 11.3 Å². The van der Waals surface area contributed by atoms with E-state index in [-0.39, 0.29) is 10.8 Å². The zero-order chi connectivity index (χ0) is 14.2. The van der Waals surface area contributed by atoms with Crippen molar-refractivity contribution in [2.24, 2.45) is 0 Å². The molecule has 0 aliphatic carbocycles. The first-order valence-corrected chi connectivity index (χ1v) is 5.23. The minimum atomic E-state index is -1.36. The van der Waals surface area contributed by atoms with Crippen LogP contribution in [0.5, 0.6) is 0 Å². The smallest absolute Gasteiger partial charge is 0.258 e. The highest BCUT2D eigenvalue weighted by atomic mass is 35.5. The molecule has 2 rings (SSSR count). The molecule has 0 fully saturated rings. The van der Waals surface area contributed by atoms with Crippen LogP contribution in [-0.2, 0) is 0 Å². The molecule has 0 atom stereocenters. The molecule has 98 valence electrons. The van der Waals surface area contributed by atoms with E-state index in [2.05, 4.69) is 4.98 Å². The second-order valence-electron chi connectivity index (χ2n) is 3.54. The van der Waals surface area contributed by atoms with Gasteiger partial charge in [-0.05, 0) is 6.07 Å². The van der Waals surface area contributed by atoms with Crippen molar-refractivity contribution in [3.8, 4) is 11.3 Å². The van der Waals surface area contributed by atoms with Crippen molar-refractivity contribution in [3.63, 3.8) is 0 Å². The fourth-order valence-electron chi connectivity index (χ4n) is 1.45. The van der Waals surface area contributed by atoms with Crippen LogP contribution in [0.2, 0.25) is 5.15 Å². The Hall–Kier alpha value is -2.15. The second-order valence-corrected chi connectivity index (χ2v) is 3.92. The summed E-state index contributed by atoms with van der Waals surface area (Å²) in [5, 5.41) is 10.4. The predicted octanol–water partition coefficient (Wildman–Crippen LogP) is 3.73. The van der Waals surface area contributed by atoms with Gasteiger partial charge in [-0.2, -0.15) is 0 Å². The first-order valence-electron chi connectivity index (χ1n) is 4.85. The highest BCUT2D eigenvalue weighted by Gasteiger charge is 2.17. The average molecular weight is 289 g/mol. The molecule has 1 heterocycles. The largest absolute Gasteiger partial charge is 0.274 e. The van der Waals surface area contributed by atoms with Crippen molar-refractivity contribution in [2.45, 2.75) is 0 Å². The van der Waals surface area contributed by atoms with E-state index < -0.39 is 33.6 Å². The predicted molar refractivity (Wildman–Crippen MR) is 61.2 cm³/mol. The zero-order valence-electron chi connectivity index (χ0n) is 9.03. The van der Waals surface area contributed by atoms with E-state index in [0.29, 0.717) is 12.1 Å². The minimum absolute atomic E-state index is 0.254. The number of hydrogen-bond acceptors (Lipinski definition) is 3. The fourth-order valence-corrected chi connectivity index (χ4v) is 1.65. The standard InChI is InChI=1S/C11H4ClF3N2O2/c12-11-2-5(17(18)19)1-10(16-11)6-3-8(14)9(15)4-7(6)13/h1-4H. The van der Waals surface area contributed by atoms with E-state index >= 15 is 0 Å². The van der Waals surface area contributed by atoms with Crippen LogP contribution in [0.1, 0.15) is 0 Å². The van der Waals surface area contributed by atoms with E-state index in [1.807, 2.05) is 0 Å². The molecule has 0 saturated heterocycles. The van der Waals surface area contributed by atoms with Gasteiger partial charge in [0.2, 0.25) is 0 Å². The number of halogens is 4. The third kappa shape index (κ3) is 2.65. The van der Waals surface area contributed by atoms with Gasteiger partial charge < -0.3 is 0 Å². The van der Waals surface area contributed by atoms with Crippen LogP contribution in [-0.4, -0.2) is 9.91 Å². The highest BCUT2D eigenvalue weighted by Crippen LogP contribution is 2.28. The van der Waals surface area contributed by atoms with Gasteiger partial charge in [0.15, 0.2) is 11.6 Å². The van der Waals surface area contributed by atoms with Gasteiger partial charge in [-0.15, -0.1) is 0 Å². The Labute approximate surface area is 109 Å². The summed E-state index contributed by atoms with van der Waals surface area (Å²) < 4.78 is 39.4. The van der Waals surface area contributed by atoms with Gasteiger partial charge in [0.25, 0.3) is 5.69 Å². The molecule has 2 aromatic rings. The molecule has 0 N–H and O–H groups in total. The fraction of sp³-hybridized carbons (Fsp3) is 0. The van der Waals surface area contributed by atoms with Gasteiger partial charge in [0.1, 0.15) is 11.0 Å². The molecule has 0 bridgehead atoms. The number of pyridine rings is 1. The van der Waals surface area contributed by atoms with E-state index in [4.69, 9.17) is 11.6 Å². The van der Waals surface area contributed by atoms with Crippen molar-refractivity contribution in [1.82, 2.24) is 4.98 Å². The lowest BCUT2D eigenvalue weighted by Crippen LogP contribution is -1.96. The van der Waals surface area contributed by atoms with Gasteiger partial charge in [-0.3, -0.25) is 10.1 Å². The number of benzene rings is 1. The molecule has 0 amide bonds. The van der Waals surface area contributed by atoms with Crippen molar-refractivity contribution >= 4 is 17.3 Å². The van der Waals surface area contributed by atoms with Crippen molar-refractivity contribution in [3.05, 3.63) is 57.0 Å². The molecule has 1 aromatic heterocycles. The maximum absolute atomic E-state index is 13.5. The topological polar surface area (TPSA) is 56.0 Å². The van der Waals surface area contributed by atoms with Crippen LogP contribution in [0.4, 0.5) is 18.9 Å². The number of hydrogen-bond donors (Lipinski definition) is 0. The third-order valence-electron chi connectivity index (χ3n) is 2.28. The zero-order valence-corrected chi connectivity index (χ0v) is 9.79. The Morgan fingerprint density at radius 3 is 2.32 bits per heavy atom. The molecule has 4 nitrogen and oxygen atoms in total. The van der Waals surface area contributed by atoms with Crippen LogP contribution in [0.3, 0.4) is 0 Å². The minimum Gasteiger partial charge on any atom is -0.258 e. The maximum atomic E-state index is 13.5. The second kappa shape index (κ2) is 4.85. The van der Waals surface area contributed by atoms with Crippen LogP contribution in [0.15, 0.2) is 24.3 Å². The lowest BCUT2D eigenvalue weighted by molar-refractivity contribution is -0.384. The van der Waals surface area contributed by atoms with Crippen LogP contribution in [0, 0.1) is 27.6 Å². The Morgan fingerprint density at radius 1 is 1.05 bits per heavy atom. The number of rotatable bonds is 2. The Kier molecular flexibility index (Phi) is 3.39. The van der Waals surface area contributed by atoms with Gasteiger partial charge in [-0.1, -0.05) is 11.6 Å². The first-order chi connectivity index (χ1) is 8.88. The van der Waals surface area contributed by atoms with E-state index in [1.165, 1.54) is 0 Å². The molecular weight excluding hydrogens is 285 g/mol. The average Bonchev–Trinajstić information content (AvgIpc) is 2.33. The molecule has 0 aliphatic heterocycles. The summed E-state index contributed by atoms with van der Waals surface area (Å²) in [6, 6.07) is 2.77. The molecule has 8 heteroatoms. The molecule has 19 heavy (non-hydrogen) atoms. The molecule has 0 spiro atoms. The Bertz CT molecular complexity index is 679. The molecular formula is C11H4ClF3N2O2. The Balaban J connectivity index is 2.65. The number of aromatic nitrogens is 1. The molecule has 1 aromatic carbocycles. The Morgan fingerprint density at radius 2 is 1.68 bits per heavy atom. The van der Waals surface area contributed by atoms with Crippen molar-refractivity contribution in [1.29, 1.82) is 0 Å². The van der Waals surface area contributed by atoms with Crippen molar-refractivity contribution < 1.29 is 18.1 Å². The molecule has 0 aliphatic rings.